The van der Waals surface area contributed by atoms with Crippen molar-refractivity contribution in [1.29, 1.82) is 0 Å². The van der Waals surface area contributed by atoms with Crippen LogP contribution in [0.15, 0.2) is 59.6 Å². The molecule has 0 amide bonds. The van der Waals surface area contributed by atoms with Gasteiger partial charge in [-0.3, -0.25) is 0 Å². The number of nitrogens with zero attached hydrogens (tertiary/aromatic N) is 1. The zero-order chi connectivity index (χ0) is 17.2. The highest BCUT2D eigenvalue weighted by atomic mass is 127. The Morgan fingerprint density at radius 1 is 1.12 bits per heavy atom. The van der Waals surface area contributed by atoms with Gasteiger partial charge in [-0.1, -0.05) is 42.5 Å². The Morgan fingerprint density at radius 3 is 2.56 bits per heavy atom. The molecule has 136 valence electrons. The number of aliphatic imine (C=N–C) groups is 1. The molecule has 3 N–H and O–H groups in total. The molecule has 1 atom stereocenters. The maximum atomic E-state index is 13.2. The molecule has 0 heterocycles. The van der Waals surface area contributed by atoms with Crippen LogP contribution in [0, 0.1) is 5.82 Å². The lowest BCUT2D eigenvalue weighted by molar-refractivity contribution is 0.168. The van der Waals surface area contributed by atoms with Crippen molar-refractivity contribution in [3.63, 3.8) is 0 Å². The van der Waals surface area contributed by atoms with E-state index in [0.29, 0.717) is 25.5 Å². The van der Waals surface area contributed by atoms with Crippen LogP contribution in [0.5, 0.6) is 0 Å². The van der Waals surface area contributed by atoms with Crippen molar-refractivity contribution in [1.82, 2.24) is 10.6 Å². The van der Waals surface area contributed by atoms with E-state index >= 15 is 0 Å². The van der Waals surface area contributed by atoms with Crippen LogP contribution in [0.3, 0.4) is 0 Å². The summed E-state index contributed by atoms with van der Waals surface area (Å²) in [6.07, 6.45) is 0.0683. The van der Waals surface area contributed by atoms with Crippen molar-refractivity contribution in [3.05, 3.63) is 71.5 Å². The first kappa shape index (κ1) is 21.4. The number of hydrogen-bond acceptors (Lipinski definition) is 2. The molecule has 0 aliphatic heterocycles. The van der Waals surface area contributed by atoms with Crippen LogP contribution >= 0.6 is 24.0 Å². The van der Waals surface area contributed by atoms with Crippen LogP contribution in [0.2, 0.25) is 0 Å². The van der Waals surface area contributed by atoms with Gasteiger partial charge in [0.1, 0.15) is 5.82 Å². The third kappa shape index (κ3) is 7.83. The molecule has 2 aromatic rings. The summed E-state index contributed by atoms with van der Waals surface area (Å²) < 4.78 is 13.2. The van der Waals surface area contributed by atoms with E-state index in [9.17, 15) is 9.50 Å². The van der Waals surface area contributed by atoms with Crippen molar-refractivity contribution >= 4 is 29.9 Å². The summed E-state index contributed by atoms with van der Waals surface area (Å²) in [5.41, 5.74) is 1.72. The van der Waals surface area contributed by atoms with Crippen LogP contribution < -0.4 is 10.6 Å². The highest BCUT2D eigenvalue weighted by Crippen LogP contribution is 2.14. The van der Waals surface area contributed by atoms with Gasteiger partial charge in [-0.15, -0.1) is 24.0 Å². The Labute approximate surface area is 165 Å². The monoisotopic (exact) mass is 457 g/mol. The lowest BCUT2D eigenvalue weighted by atomic mass is 10.1. The standard InChI is InChI=1S/C19H24FN3O.HI/c1-2-21-19(23-14-15-7-6-10-17(20)13-15)22-12-11-18(24)16-8-4-3-5-9-16;/h3-10,13,18,24H,2,11-12,14H2,1H3,(H2,21,22,23);1H. The molecule has 2 rings (SSSR count). The van der Waals surface area contributed by atoms with Crippen molar-refractivity contribution in [3.8, 4) is 0 Å². The van der Waals surface area contributed by atoms with Gasteiger partial charge in [-0.25, -0.2) is 9.38 Å². The van der Waals surface area contributed by atoms with Gasteiger partial charge in [0.05, 0.1) is 12.6 Å². The lowest BCUT2D eigenvalue weighted by Crippen LogP contribution is -2.38. The fourth-order valence-corrected chi connectivity index (χ4v) is 2.32. The van der Waals surface area contributed by atoms with Gasteiger partial charge in [0.15, 0.2) is 5.96 Å². The Hall–Kier alpha value is -1.67. The summed E-state index contributed by atoms with van der Waals surface area (Å²) in [7, 11) is 0. The molecule has 6 heteroatoms. The van der Waals surface area contributed by atoms with Crippen LogP contribution in [0.25, 0.3) is 0 Å². The van der Waals surface area contributed by atoms with Crippen LogP contribution in [-0.2, 0) is 6.54 Å². The number of benzene rings is 2. The van der Waals surface area contributed by atoms with E-state index in [1.807, 2.05) is 43.3 Å². The van der Waals surface area contributed by atoms with Gasteiger partial charge in [0.2, 0.25) is 0 Å². The smallest absolute Gasteiger partial charge is 0.191 e. The maximum Gasteiger partial charge on any atom is 0.191 e. The summed E-state index contributed by atoms with van der Waals surface area (Å²) in [4.78, 5) is 4.44. The summed E-state index contributed by atoms with van der Waals surface area (Å²) >= 11 is 0. The molecule has 1 unspecified atom stereocenters. The number of hydrogen-bond donors (Lipinski definition) is 3. The van der Waals surface area contributed by atoms with E-state index in [4.69, 9.17) is 0 Å². The third-order valence-corrected chi connectivity index (χ3v) is 3.55. The Bertz CT molecular complexity index is 652. The molecule has 0 saturated carbocycles. The molecule has 2 aromatic carbocycles. The highest BCUT2D eigenvalue weighted by molar-refractivity contribution is 14.0. The Balaban J connectivity index is 0.00000312. The first-order chi connectivity index (χ1) is 11.7. The van der Waals surface area contributed by atoms with E-state index in [0.717, 1.165) is 17.7 Å². The second kappa shape index (κ2) is 11.8. The number of halogens is 2. The molecular weight excluding hydrogens is 432 g/mol. The lowest BCUT2D eigenvalue weighted by Gasteiger charge is -2.14. The topological polar surface area (TPSA) is 56.7 Å². The highest BCUT2D eigenvalue weighted by Gasteiger charge is 2.07. The normalized spacial score (nSPS) is 12.2. The molecule has 0 radical (unpaired) electrons. The van der Waals surface area contributed by atoms with E-state index in [1.54, 1.807) is 6.07 Å². The van der Waals surface area contributed by atoms with Gasteiger partial charge in [-0.2, -0.15) is 0 Å². The first-order valence-electron chi connectivity index (χ1n) is 8.18. The predicted molar refractivity (Wildman–Crippen MR) is 111 cm³/mol. The average Bonchev–Trinajstić information content (AvgIpc) is 2.60. The Kier molecular flexibility index (Phi) is 10.1. The van der Waals surface area contributed by atoms with Gasteiger partial charge in [0.25, 0.3) is 0 Å². The third-order valence-electron chi connectivity index (χ3n) is 3.55. The number of aliphatic hydroxyl groups is 1. The molecule has 0 fully saturated rings. The molecule has 25 heavy (non-hydrogen) atoms. The summed E-state index contributed by atoms with van der Waals surface area (Å²) in [6.45, 7) is 3.70. The van der Waals surface area contributed by atoms with E-state index in [-0.39, 0.29) is 29.8 Å². The average molecular weight is 457 g/mol. The van der Waals surface area contributed by atoms with E-state index in [1.165, 1.54) is 12.1 Å². The fraction of sp³-hybridized carbons (Fsp3) is 0.316. The molecular formula is C19H25FIN3O. The number of nitrogens with one attached hydrogen (secondary N) is 2. The molecule has 0 aliphatic rings. The summed E-state index contributed by atoms with van der Waals surface area (Å²) in [6, 6.07) is 16.0. The van der Waals surface area contributed by atoms with Crippen molar-refractivity contribution in [2.75, 3.05) is 13.1 Å². The fourth-order valence-electron chi connectivity index (χ4n) is 2.32. The second-order valence-corrected chi connectivity index (χ2v) is 5.47. The van der Waals surface area contributed by atoms with Gasteiger partial charge < -0.3 is 15.7 Å². The van der Waals surface area contributed by atoms with Gasteiger partial charge >= 0.3 is 0 Å². The van der Waals surface area contributed by atoms with Gasteiger partial charge in [0, 0.05) is 13.1 Å². The Morgan fingerprint density at radius 2 is 1.88 bits per heavy atom. The molecule has 0 aromatic heterocycles. The predicted octanol–water partition coefficient (Wildman–Crippen LogP) is 3.62. The SMILES string of the molecule is CCNC(=NCc1cccc(F)c1)NCCC(O)c1ccccc1.I. The van der Waals surface area contributed by atoms with Crippen LogP contribution in [0.4, 0.5) is 4.39 Å². The largest absolute Gasteiger partial charge is 0.388 e. The van der Waals surface area contributed by atoms with Gasteiger partial charge in [-0.05, 0) is 36.6 Å². The minimum absolute atomic E-state index is 0. The minimum Gasteiger partial charge on any atom is -0.388 e. The van der Waals surface area contributed by atoms with Crippen molar-refractivity contribution in [2.45, 2.75) is 26.0 Å². The summed E-state index contributed by atoms with van der Waals surface area (Å²) in [5, 5.41) is 16.5. The molecule has 4 nitrogen and oxygen atoms in total. The van der Waals surface area contributed by atoms with Crippen molar-refractivity contribution in [2.24, 2.45) is 4.99 Å². The zero-order valence-electron chi connectivity index (χ0n) is 14.3. The minimum atomic E-state index is -0.509. The molecule has 0 aliphatic carbocycles. The molecule has 0 bridgehead atoms. The quantitative estimate of drug-likeness (QED) is 0.338. The number of guanidine groups is 1. The van der Waals surface area contributed by atoms with Crippen LogP contribution in [-0.4, -0.2) is 24.2 Å². The number of rotatable bonds is 7. The first-order valence-corrected chi connectivity index (χ1v) is 8.18. The maximum absolute atomic E-state index is 13.2. The molecule has 0 spiro atoms. The molecule has 0 saturated heterocycles. The number of aliphatic hydroxyl groups excluding tert-OH is 1. The van der Waals surface area contributed by atoms with Crippen LogP contribution in [0.1, 0.15) is 30.6 Å². The summed E-state index contributed by atoms with van der Waals surface area (Å²) in [5.74, 6) is 0.397. The zero-order valence-corrected chi connectivity index (χ0v) is 16.6. The van der Waals surface area contributed by atoms with E-state index < -0.39 is 6.10 Å². The van der Waals surface area contributed by atoms with Crippen molar-refractivity contribution < 1.29 is 9.50 Å². The second-order valence-electron chi connectivity index (χ2n) is 5.47. The van der Waals surface area contributed by atoms with E-state index in [2.05, 4.69) is 15.6 Å².